The van der Waals surface area contributed by atoms with Gasteiger partial charge in [0.1, 0.15) is 0 Å². The minimum Gasteiger partial charge on any atom is -0.481 e. The van der Waals surface area contributed by atoms with Gasteiger partial charge in [-0.25, -0.2) is 0 Å². The first kappa shape index (κ1) is 11.6. The second kappa shape index (κ2) is 4.54. The van der Waals surface area contributed by atoms with Gasteiger partial charge in [-0.3, -0.25) is 10.1 Å². The number of nitrogens with zero attached hydrogens (tertiary/aromatic N) is 3. The van der Waals surface area contributed by atoms with Gasteiger partial charge in [0.15, 0.2) is 0 Å². The molecule has 0 radical (unpaired) electrons. The number of rotatable bonds is 3. The lowest BCUT2D eigenvalue weighted by atomic mass is 10.3. The molecule has 92 valence electrons. The molecule has 0 unspecified atom stereocenters. The number of ether oxygens (including phenoxy) is 1. The van der Waals surface area contributed by atoms with Crippen LogP contribution in [0.3, 0.4) is 0 Å². The van der Waals surface area contributed by atoms with Crippen LogP contribution in [0.15, 0.2) is 12.1 Å². The van der Waals surface area contributed by atoms with Crippen molar-refractivity contribution >= 4 is 11.5 Å². The van der Waals surface area contributed by atoms with E-state index in [0.29, 0.717) is 25.4 Å². The minimum atomic E-state index is -0.480. The zero-order valence-corrected chi connectivity index (χ0v) is 9.37. The number of aromatic nitrogens is 1. The first-order valence-electron chi connectivity index (χ1n) is 5.24. The summed E-state index contributed by atoms with van der Waals surface area (Å²) in [6.45, 7) is 0.920. The average Bonchev–Trinajstić information content (AvgIpc) is 2.75. The number of hydrogen-bond acceptors (Lipinski definition) is 6. The van der Waals surface area contributed by atoms with Crippen molar-refractivity contribution in [2.75, 3.05) is 25.1 Å². The fourth-order valence-corrected chi connectivity index (χ4v) is 1.85. The molecule has 17 heavy (non-hydrogen) atoms. The molecule has 0 spiro atoms. The smallest absolute Gasteiger partial charge is 0.311 e. The normalized spacial score (nSPS) is 19.4. The van der Waals surface area contributed by atoms with Crippen LogP contribution in [0, 0.1) is 10.1 Å². The Balaban J connectivity index is 2.38. The third-order valence-corrected chi connectivity index (χ3v) is 2.70. The lowest BCUT2D eigenvalue weighted by Gasteiger charge is -2.16. The van der Waals surface area contributed by atoms with Gasteiger partial charge in [-0.15, -0.1) is 0 Å². The van der Waals surface area contributed by atoms with Crippen molar-refractivity contribution in [3.63, 3.8) is 0 Å². The molecule has 1 saturated heterocycles. The van der Waals surface area contributed by atoms with E-state index in [1.807, 2.05) is 0 Å². The standard InChI is InChI=1S/C10H13N3O4/c1-17-9-3-2-8(13(15)16)10(11-9)12-5-4-7(14)6-12/h2-3,7,14H,4-6H2,1H3/t7-/m1/s1. The maximum Gasteiger partial charge on any atom is 0.311 e. The number of pyridine rings is 1. The van der Waals surface area contributed by atoms with Crippen LogP contribution in [0.1, 0.15) is 6.42 Å². The summed E-state index contributed by atoms with van der Waals surface area (Å²) >= 11 is 0. The largest absolute Gasteiger partial charge is 0.481 e. The molecule has 7 nitrogen and oxygen atoms in total. The Morgan fingerprint density at radius 1 is 1.65 bits per heavy atom. The van der Waals surface area contributed by atoms with E-state index in [2.05, 4.69) is 4.98 Å². The molecule has 1 aromatic rings. The molecule has 2 rings (SSSR count). The van der Waals surface area contributed by atoms with E-state index in [4.69, 9.17) is 4.74 Å². The van der Waals surface area contributed by atoms with Crippen molar-refractivity contribution in [1.29, 1.82) is 0 Å². The van der Waals surface area contributed by atoms with Gasteiger partial charge in [-0.2, -0.15) is 4.98 Å². The molecular weight excluding hydrogens is 226 g/mol. The lowest BCUT2D eigenvalue weighted by molar-refractivity contribution is -0.384. The Morgan fingerprint density at radius 3 is 2.94 bits per heavy atom. The summed E-state index contributed by atoms with van der Waals surface area (Å²) in [5.41, 5.74) is -0.0695. The number of aliphatic hydroxyl groups is 1. The Kier molecular flexibility index (Phi) is 3.10. The van der Waals surface area contributed by atoms with E-state index < -0.39 is 11.0 Å². The zero-order valence-electron chi connectivity index (χ0n) is 9.37. The van der Waals surface area contributed by atoms with Gasteiger partial charge in [-0.05, 0) is 6.42 Å². The predicted octanol–water partition coefficient (Wildman–Crippen LogP) is 0.569. The fraction of sp³-hybridized carbons (Fsp3) is 0.500. The highest BCUT2D eigenvalue weighted by molar-refractivity contribution is 5.59. The highest BCUT2D eigenvalue weighted by Crippen LogP contribution is 2.30. The van der Waals surface area contributed by atoms with Gasteiger partial charge in [0.25, 0.3) is 0 Å². The first-order chi connectivity index (χ1) is 8.11. The fourth-order valence-electron chi connectivity index (χ4n) is 1.85. The minimum absolute atomic E-state index is 0.0695. The summed E-state index contributed by atoms with van der Waals surface area (Å²) in [6, 6.07) is 2.82. The van der Waals surface area contributed by atoms with Crippen molar-refractivity contribution in [3.8, 4) is 5.88 Å². The van der Waals surface area contributed by atoms with Crippen LogP contribution in [-0.4, -0.2) is 41.3 Å². The monoisotopic (exact) mass is 239 g/mol. The van der Waals surface area contributed by atoms with Crippen LogP contribution in [0.4, 0.5) is 11.5 Å². The molecular formula is C10H13N3O4. The molecule has 1 aliphatic heterocycles. The maximum absolute atomic E-state index is 10.9. The van der Waals surface area contributed by atoms with E-state index in [-0.39, 0.29) is 11.5 Å². The molecule has 0 saturated carbocycles. The Hall–Kier alpha value is -1.89. The quantitative estimate of drug-likeness (QED) is 0.612. The van der Waals surface area contributed by atoms with E-state index in [1.165, 1.54) is 19.2 Å². The van der Waals surface area contributed by atoms with Crippen molar-refractivity contribution in [1.82, 2.24) is 4.98 Å². The van der Waals surface area contributed by atoms with E-state index in [1.54, 1.807) is 4.90 Å². The Morgan fingerprint density at radius 2 is 2.41 bits per heavy atom. The number of methoxy groups -OCH3 is 1. The second-order valence-electron chi connectivity index (χ2n) is 3.84. The Labute approximate surface area is 97.8 Å². The average molecular weight is 239 g/mol. The number of aliphatic hydroxyl groups excluding tert-OH is 1. The first-order valence-corrected chi connectivity index (χ1v) is 5.24. The molecule has 1 N–H and O–H groups in total. The van der Waals surface area contributed by atoms with Gasteiger partial charge in [0, 0.05) is 25.2 Å². The molecule has 2 heterocycles. The zero-order chi connectivity index (χ0) is 12.4. The van der Waals surface area contributed by atoms with Crippen LogP contribution in [0.5, 0.6) is 5.88 Å². The predicted molar refractivity (Wildman–Crippen MR) is 60.3 cm³/mol. The SMILES string of the molecule is COc1ccc([N+](=O)[O-])c(N2CC[C@@H](O)C2)n1. The van der Waals surface area contributed by atoms with E-state index >= 15 is 0 Å². The van der Waals surface area contributed by atoms with Gasteiger partial charge in [0.05, 0.1) is 18.1 Å². The molecule has 1 atom stereocenters. The van der Waals surface area contributed by atoms with Gasteiger partial charge in [-0.1, -0.05) is 0 Å². The molecule has 1 fully saturated rings. The van der Waals surface area contributed by atoms with Crippen LogP contribution >= 0.6 is 0 Å². The molecule has 0 aliphatic carbocycles. The molecule has 0 bridgehead atoms. The van der Waals surface area contributed by atoms with Crippen LogP contribution in [0.2, 0.25) is 0 Å². The maximum atomic E-state index is 10.9. The molecule has 1 aliphatic rings. The van der Waals surface area contributed by atoms with Crippen LogP contribution < -0.4 is 9.64 Å². The molecule has 1 aromatic heterocycles. The lowest BCUT2D eigenvalue weighted by Crippen LogP contribution is -2.23. The molecule has 7 heteroatoms. The van der Waals surface area contributed by atoms with Crippen molar-refractivity contribution in [2.45, 2.75) is 12.5 Å². The van der Waals surface area contributed by atoms with Crippen molar-refractivity contribution < 1.29 is 14.8 Å². The molecule has 0 aromatic carbocycles. The van der Waals surface area contributed by atoms with Crippen LogP contribution in [-0.2, 0) is 0 Å². The molecule has 0 amide bonds. The van der Waals surface area contributed by atoms with E-state index in [0.717, 1.165) is 0 Å². The summed E-state index contributed by atoms with van der Waals surface area (Å²) in [5.74, 6) is 0.581. The second-order valence-corrected chi connectivity index (χ2v) is 3.84. The van der Waals surface area contributed by atoms with E-state index in [9.17, 15) is 15.2 Å². The number of nitro groups is 1. The van der Waals surface area contributed by atoms with Crippen LogP contribution in [0.25, 0.3) is 0 Å². The van der Waals surface area contributed by atoms with Gasteiger partial charge >= 0.3 is 5.69 Å². The summed E-state index contributed by atoms with van der Waals surface area (Å²) in [5, 5.41) is 20.3. The number of β-amino-alcohol motifs (C(OH)–C–C–N with tert-alkyl or cyclic N) is 1. The number of hydrogen-bond donors (Lipinski definition) is 1. The number of anilines is 1. The van der Waals surface area contributed by atoms with Gasteiger partial charge in [0.2, 0.25) is 11.7 Å². The summed E-state index contributed by atoms with van der Waals surface area (Å²) in [6.07, 6.45) is 0.137. The third-order valence-electron chi connectivity index (χ3n) is 2.70. The van der Waals surface area contributed by atoms with Gasteiger partial charge < -0.3 is 14.7 Å². The summed E-state index contributed by atoms with van der Waals surface area (Å²) < 4.78 is 4.95. The third kappa shape index (κ3) is 2.28. The Bertz CT molecular complexity index is 438. The van der Waals surface area contributed by atoms with Crippen molar-refractivity contribution in [3.05, 3.63) is 22.2 Å². The van der Waals surface area contributed by atoms with Crippen molar-refractivity contribution in [2.24, 2.45) is 0 Å². The highest BCUT2D eigenvalue weighted by atomic mass is 16.6. The highest BCUT2D eigenvalue weighted by Gasteiger charge is 2.28. The summed E-state index contributed by atoms with van der Waals surface area (Å²) in [7, 11) is 1.46. The summed E-state index contributed by atoms with van der Waals surface area (Å²) in [4.78, 5) is 16.2. The topological polar surface area (TPSA) is 88.7 Å².